The van der Waals surface area contributed by atoms with Crippen LogP contribution >= 0.6 is 0 Å². The van der Waals surface area contributed by atoms with E-state index in [1.54, 1.807) is 43.8 Å². The van der Waals surface area contributed by atoms with Gasteiger partial charge in [0.05, 0.1) is 12.7 Å². The van der Waals surface area contributed by atoms with Crippen molar-refractivity contribution in [1.29, 1.82) is 0 Å². The highest BCUT2D eigenvalue weighted by atomic mass is 16.5. The van der Waals surface area contributed by atoms with Crippen molar-refractivity contribution in [2.75, 3.05) is 18.2 Å². The predicted molar refractivity (Wildman–Crippen MR) is 168 cm³/mol. The van der Waals surface area contributed by atoms with Crippen LogP contribution in [0.1, 0.15) is 64.2 Å². The molecule has 0 unspecified atom stereocenters. The molecule has 2 amide bonds. The van der Waals surface area contributed by atoms with Crippen LogP contribution in [0, 0.1) is 6.92 Å². The summed E-state index contributed by atoms with van der Waals surface area (Å²) in [5, 5.41) is 6.22. The van der Waals surface area contributed by atoms with E-state index in [-0.39, 0.29) is 22.8 Å². The van der Waals surface area contributed by atoms with Crippen molar-refractivity contribution in [3.05, 3.63) is 102 Å². The van der Waals surface area contributed by atoms with Crippen molar-refractivity contribution in [2.24, 2.45) is 0 Å². The molecule has 2 aromatic carbocycles. The highest BCUT2D eigenvalue weighted by Crippen LogP contribution is 2.57. The Morgan fingerprint density at radius 1 is 0.955 bits per heavy atom. The first-order valence-electron chi connectivity index (χ1n) is 14.7. The molecule has 4 N–H and O–H groups in total. The van der Waals surface area contributed by atoms with Gasteiger partial charge in [0.2, 0.25) is 0 Å². The summed E-state index contributed by atoms with van der Waals surface area (Å²) >= 11 is 0. The number of ether oxygens (including phenoxy) is 1. The molecule has 2 aliphatic carbocycles. The number of nitrogen functional groups attached to an aromatic ring is 1. The third-order valence-corrected chi connectivity index (χ3v) is 9.21. The van der Waals surface area contributed by atoms with Crippen LogP contribution in [0.15, 0.2) is 79.3 Å². The summed E-state index contributed by atoms with van der Waals surface area (Å²) < 4.78 is 7.50. The van der Waals surface area contributed by atoms with Gasteiger partial charge < -0.3 is 21.1 Å². The number of benzene rings is 2. The first-order chi connectivity index (χ1) is 21.3. The van der Waals surface area contributed by atoms with Crippen molar-refractivity contribution < 1.29 is 14.3 Å². The lowest BCUT2D eigenvalue weighted by Crippen LogP contribution is -2.45. The van der Waals surface area contributed by atoms with Gasteiger partial charge in [-0.2, -0.15) is 0 Å². The molecule has 0 aliphatic heterocycles. The van der Waals surface area contributed by atoms with Crippen LogP contribution in [-0.2, 0) is 5.41 Å². The lowest BCUT2D eigenvalue weighted by Gasteiger charge is -2.28. The lowest BCUT2D eigenvalue weighted by atomic mass is 9.83. The van der Waals surface area contributed by atoms with Crippen LogP contribution < -0.4 is 21.1 Å². The summed E-state index contributed by atoms with van der Waals surface area (Å²) in [5.74, 6) is 2.01. The molecule has 222 valence electrons. The summed E-state index contributed by atoms with van der Waals surface area (Å²) in [7, 11) is 1.58. The zero-order valence-corrected chi connectivity index (χ0v) is 24.6. The number of fused-ring (bicyclic) bond motifs is 3. The summed E-state index contributed by atoms with van der Waals surface area (Å²) in [6.45, 7) is 1.95. The molecule has 3 aromatic heterocycles. The van der Waals surface area contributed by atoms with Gasteiger partial charge in [0.1, 0.15) is 34.4 Å². The zero-order valence-electron chi connectivity index (χ0n) is 24.6. The Hall–Kier alpha value is -5.25. The number of para-hydroxylation sites is 1. The van der Waals surface area contributed by atoms with Gasteiger partial charge in [-0.25, -0.2) is 15.0 Å². The van der Waals surface area contributed by atoms with Gasteiger partial charge in [-0.05, 0) is 81.0 Å². The monoisotopic (exact) mass is 587 g/mol. The highest BCUT2D eigenvalue weighted by molar-refractivity contribution is 6.04. The van der Waals surface area contributed by atoms with Crippen LogP contribution in [0.2, 0.25) is 0 Å². The van der Waals surface area contributed by atoms with E-state index in [2.05, 4.69) is 25.0 Å². The van der Waals surface area contributed by atoms with Crippen LogP contribution in [0.4, 0.5) is 11.6 Å². The first-order valence-corrected chi connectivity index (χ1v) is 14.7. The van der Waals surface area contributed by atoms with E-state index in [4.69, 9.17) is 15.5 Å². The van der Waals surface area contributed by atoms with Crippen LogP contribution in [-0.4, -0.2) is 43.8 Å². The number of hydrogen-bond acceptors (Lipinski definition) is 7. The minimum atomic E-state index is -0.316. The van der Waals surface area contributed by atoms with Gasteiger partial charge in [0, 0.05) is 40.7 Å². The number of imidazole rings is 1. The number of carbonyl (C=O) groups excluding carboxylic acids is 2. The number of amides is 2. The summed E-state index contributed by atoms with van der Waals surface area (Å²) in [4.78, 5) is 40.1. The fourth-order valence-corrected chi connectivity index (χ4v) is 7.03. The molecule has 2 saturated carbocycles. The average Bonchev–Trinajstić information content (AvgIpc) is 3.72. The van der Waals surface area contributed by atoms with E-state index < -0.39 is 0 Å². The Balaban J connectivity index is 1.18. The maximum atomic E-state index is 13.4. The van der Waals surface area contributed by atoms with Crippen molar-refractivity contribution in [3.63, 3.8) is 0 Å². The van der Waals surface area contributed by atoms with Crippen LogP contribution in [0.25, 0.3) is 16.8 Å². The highest BCUT2D eigenvalue weighted by Gasteiger charge is 2.57. The van der Waals surface area contributed by atoms with Crippen molar-refractivity contribution >= 4 is 29.0 Å². The number of aryl methyl sites for hydroxylation is 1. The molecule has 10 heteroatoms. The van der Waals surface area contributed by atoms with Gasteiger partial charge >= 0.3 is 0 Å². The molecule has 2 fully saturated rings. The first kappa shape index (κ1) is 27.6. The zero-order chi connectivity index (χ0) is 30.5. The smallest absolute Gasteiger partial charge is 0.256 e. The second-order valence-corrected chi connectivity index (χ2v) is 12.0. The Bertz CT molecular complexity index is 1910. The average molecular weight is 588 g/mol. The molecule has 0 radical (unpaired) electrons. The SMILES string of the molecule is COc1ccccc1C(=O)NC12CCC(c3nc(-c4ccc(C(=O)Nc5cc(C)ccn5)cc4)c4c(N)nccn34)(CC1)C2. The third-order valence-electron chi connectivity index (χ3n) is 9.21. The van der Waals surface area contributed by atoms with E-state index >= 15 is 0 Å². The summed E-state index contributed by atoms with van der Waals surface area (Å²) in [5.41, 5.74) is 10.3. The Kier molecular flexibility index (Phi) is 6.57. The van der Waals surface area contributed by atoms with E-state index in [1.165, 1.54) is 0 Å². The van der Waals surface area contributed by atoms with E-state index in [0.29, 0.717) is 28.5 Å². The van der Waals surface area contributed by atoms with Crippen molar-refractivity contribution in [3.8, 4) is 17.0 Å². The van der Waals surface area contributed by atoms with Gasteiger partial charge in [-0.3, -0.25) is 14.0 Å². The lowest BCUT2D eigenvalue weighted by molar-refractivity contribution is 0.0897. The number of anilines is 2. The number of nitrogens with one attached hydrogen (secondary N) is 2. The largest absolute Gasteiger partial charge is 0.496 e. The van der Waals surface area contributed by atoms with Gasteiger partial charge in [-0.15, -0.1) is 0 Å². The third kappa shape index (κ3) is 4.63. The van der Waals surface area contributed by atoms with E-state index in [9.17, 15) is 9.59 Å². The molecule has 7 rings (SSSR count). The maximum Gasteiger partial charge on any atom is 0.256 e. The number of rotatable bonds is 7. The van der Waals surface area contributed by atoms with Gasteiger partial charge in [-0.1, -0.05) is 24.3 Å². The van der Waals surface area contributed by atoms with E-state index in [0.717, 1.165) is 60.3 Å². The minimum Gasteiger partial charge on any atom is -0.496 e. The number of pyridine rings is 1. The topological polar surface area (TPSA) is 137 Å². The number of nitrogens with two attached hydrogens (primary N) is 1. The minimum absolute atomic E-state index is 0.121. The second-order valence-electron chi connectivity index (χ2n) is 12.0. The number of nitrogens with zero attached hydrogens (tertiary/aromatic N) is 4. The molecule has 0 saturated heterocycles. The summed E-state index contributed by atoms with van der Waals surface area (Å²) in [6, 6.07) is 18.3. The normalized spacial score (nSPS) is 20.5. The molecule has 2 bridgehead atoms. The van der Waals surface area contributed by atoms with Crippen molar-refractivity contribution in [1.82, 2.24) is 24.7 Å². The molecular formula is C34H33N7O3. The number of methoxy groups -OCH3 is 1. The standard InChI is InChI=1S/C34H33N7O3/c1-21-11-16-36-26(19-21)38-30(42)23-9-7-22(8-10-23)27-28-29(35)37-17-18-41(28)32(39-27)33-12-14-34(20-33,15-13-33)40-31(43)24-5-3-4-6-25(24)44-2/h3-11,16-19H,12-15,20H2,1-2H3,(H2,35,37)(H,40,43)(H,36,38,42). The van der Waals surface area contributed by atoms with Crippen molar-refractivity contribution in [2.45, 2.75) is 50.0 Å². The van der Waals surface area contributed by atoms with Gasteiger partial charge in [0.25, 0.3) is 11.8 Å². The fraction of sp³-hybridized carbons (Fsp3) is 0.265. The second kappa shape index (κ2) is 10.5. The predicted octanol–water partition coefficient (Wildman–Crippen LogP) is 5.33. The number of hydrogen-bond donors (Lipinski definition) is 3. The molecule has 10 nitrogen and oxygen atoms in total. The molecule has 3 heterocycles. The Labute approximate surface area is 254 Å². The van der Waals surface area contributed by atoms with E-state index in [1.807, 2.05) is 49.5 Å². The fourth-order valence-electron chi connectivity index (χ4n) is 7.03. The van der Waals surface area contributed by atoms with Crippen LogP contribution in [0.3, 0.4) is 0 Å². The molecule has 5 aromatic rings. The number of carbonyl (C=O) groups is 2. The molecule has 2 aliphatic rings. The maximum absolute atomic E-state index is 13.4. The molecule has 44 heavy (non-hydrogen) atoms. The van der Waals surface area contributed by atoms with Crippen LogP contribution in [0.5, 0.6) is 5.75 Å². The molecular weight excluding hydrogens is 554 g/mol. The number of aromatic nitrogens is 4. The van der Waals surface area contributed by atoms with Gasteiger partial charge in [0.15, 0.2) is 0 Å². The Morgan fingerprint density at radius 2 is 1.73 bits per heavy atom. The molecule has 0 spiro atoms. The Morgan fingerprint density at radius 3 is 2.48 bits per heavy atom. The summed E-state index contributed by atoms with van der Waals surface area (Å²) in [6.07, 6.45) is 9.57. The quantitative estimate of drug-likeness (QED) is 0.234. The molecule has 0 atom stereocenters.